The number of hydrogen-bond acceptors (Lipinski definition) is 2. The van der Waals surface area contributed by atoms with Gasteiger partial charge in [0.2, 0.25) is 0 Å². The largest absolute Gasteiger partial charge is 0.377 e. The molecule has 0 aliphatic carbocycles. The van der Waals surface area contributed by atoms with E-state index < -0.39 is 11.9 Å². The molecule has 1 rings (SSSR count). The summed E-state index contributed by atoms with van der Waals surface area (Å²) in [6.45, 7) is 4.17. The Bertz CT molecular complexity index is 330. The summed E-state index contributed by atoms with van der Waals surface area (Å²) in [6.07, 6.45) is 0.100. The first-order valence-electron chi connectivity index (χ1n) is 4.83. The van der Waals surface area contributed by atoms with Crippen LogP contribution in [0.15, 0.2) is 18.2 Å². The zero-order valence-corrected chi connectivity index (χ0v) is 9.59. The van der Waals surface area contributed by atoms with Crippen molar-refractivity contribution in [2.75, 3.05) is 6.61 Å². The number of halogens is 2. The minimum Gasteiger partial charge on any atom is -0.377 e. The minimum atomic E-state index is -0.450. The van der Waals surface area contributed by atoms with E-state index in [1.165, 1.54) is 6.07 Å². The zero-order chi connectivity index (χ0) is 11.4. The molecule has 0 heterocycles. The van der Waals surface area contributed by atoms with Crippen LogP contribution in [0.2, 0.25) is 5.02 Å². The van der Waals surface area contributed by atoms with Crippen LogP contribution in [0.4, 0.5) is 4.39 Å². The molecule has 4 heteroatoms. The van der Waals surface area contributed by atoms with Gasteiger partial charge in [-0.1, -0.05) is 23.7 Å². The van der Waals surface area contributed by atoms with Gasteiger partial charge in [0, 0.05) is 0 Å². The molecule has 0 aliphatic rings. The van der Waals surface area contributed by atoms with Gasteiger partial charge in [-0.15, -0.1) is 0 Å². The van der Waals surface area contributed by atoms with Gasteiger partial charge in [-0.25, -0.2) is 4.39 Å². The summed E-state index contributed by atoms with van der Waals surface area (Å²) in [5.74, 6) is -0.450. The fraction of sp³-hybridized carbons (Fsp3) is 0.455. The average molecular weight is 232 g/mol. The normalized spacial score (nSPS) is 13.2. The van der Waals surface area contributed by atoms with E-state index in [4.69, 9.17) is 22.1 Å². The Hall–Kier alpha value is -0.640. The van der Waals surface area contributed by atoms with Crippen molar-refractivity contribution in [3.05, 3.63) is 34.6 Å². The highest BCUT2D eigenvalue weighted by atomic mass is 35.5. The van der Waals surface area contributed by atoms with E-state index in [0.717, 1.165) is 0 Å². The number of hydrogen-bond donors (Lipinski definition) is 1. The molecule has 0 aliphatic heterocycles. The van der Waals surface area contributed by atoms with Gasteiger partial charge >= 0.3 is 0 Å². The molecule has 1 unspecified atom stereocenters. The maximum atomic E-state index is 13.1. The lowest BCUT2D eigenvalue weighted by atomic mass is 10.1. The molecule has 84 valence electrons. The fourth-order valence-electron chi connectivity index (χ4n) is 1.19. The van der Waals surface area contributed by atoms with Gasteiger partial charge in [0.1, 0.15) is 5.82 Å². The highest BCUT2D eigenvalue weighted by molar-refractivity contribution is 6.31. The molecular formula is C11H15ClFNO. The van der Waals surface area contributed by atoms with Gasteiger partial charge < -0.3 is 10.5 Å². The molecule has 1 atom stereocenters. The van der Waals surface area contributed by atoms with E-state index >= 15 is 0 Å². The standard InChI is InChI=1S/C11H15ClFNO/c1-7(2)15-6-10(14)8-4-3-5-9(13)11(8)12/h3-5,7,10H,6,14H2,1-2H3. The number of benzene rings is 1. The quantitative estimate of drug-likeness (QED) is 0.865. The molecule has 0 spiro atoms. The van der Waals surface area contributed by atoms with Gasteiger partial charge in [0.15, 0.2) is 0 Å². The van der Waals surface area contributed by atoms with E-state index in [2.05, 4.69) is 0 Å². The van der Waals surface area contributed by atoms with Gasteiger partial charge in [-0.2, -0.15) is 0 Å². The molecule has 0 fully saturated rings. The molecule has 0 saturated carbocycles. The summed E-state index contributed by atoms with van der Waals surface area (Å²) in [7, 11) is 0. The maximum absolute atomic E-state index is 13.1. The van der Waals surface area contributed by atoms with E-state index in [-0.39, 0.29) is 11.1 Å². The van der Waals surface area contributed by atoms with Crippen LogP contribution in [0, 0.1) is 5.82 Å². The summed E-state index contributed by atoms with van der Waals surface area (Å²) in [5, 5.41) is 0.0809. The average Bonchev–Trinajstić information content (AvgIpc) is 2.18. The number of ether oxygens (including phenoxy) is 1. The lowest BCUT2D eigenvalue weighted by Gasteiger charge is -2.16. The third kappa shape index (κ3) is 3.45. The van der Waals surface area contributed by atoms with Crippen molar-refractivity contribution in [1.82, 2.24) is 0 Å². The first-order valence-corrected chi connectivity index (χ1v) is 5.21. The lowest BCUT2D eigenvalue weighted by Crippen LogP contribution is -2.20. The van der Waals surface area contributed by atoms with Crippen molar-refractivity contribution < 1.29 is 9.13 Å². The van der Waals surface area contributed by atoms with E-state index in [9.17, 15) is 4.39 Å². The highest BCUT2D eigenvalue weighted by Gasteiger charge is 2.13. The summed E-state index contributed by atoms with van der Waals surface area (Å²) < 4.78 is 18.5. The molecule has 0 bridgehead atoms. The molecule has 2 nitrogen and oxygen atoms in total. The lowest BCUT2D eigenvalue weighted by molar-refractivity contribution is 0.0683. The Morgan fingerprint density at radius 3 is 2.73 bits per heavy atom. The number of nitrogens with two attached hydrogens (primary N) is 1. The maximum Gasteiger partial charge on any atom is 0.142 e. The van der Waals surface area contributed by atoms with Gasteiger partial charge in [-0.3, -0.25) is 0 Å². The summed E-state index contributed by atoms with van der Waals surface area (Å²) in [4.78, 5) is 0. The topological polar surface area (TPSA) is 35.2 Å². The van der Waals surface area contributed by atoms with E-state index in [1.807, 2.05) is 13.8 Å². The predicted molar refractivity (Wildman–Crippen MR) is 59.4 cm³/mol. The van der Waals surface area contributed by atoms with Crippen molar-refractivity contribution in [3.63, 3.8) is 0 Å². The summed E-state index contributed by atoms with van der Waals surface area (Å²) in [6, 6.07) is 4.21. The van der Waals surface area contributed by atoms with Crippen molar-refractivity contribution >= 4 is 11.6 Å². The van der Waals surface area contributed by atoms with Crippen LogP contribution in [-0.2, 0) is 4.74 Å². The summed E-state index contributed by atoms with van der Waals surface area (Å²) in [5.41, 5.74) is 6.42. The third-order valence-corrected chi connectivity index (χ3v) is 2.39. The van der Waals surface area contributed by atoms with Crippen LogP contribution in [0.25, 0.3) is 0 Å². The molecule has 0 aromatic heterocycles. The Morgan fingerprint density at radius 1 is 1.47 bits per heavy atom. The Morgan fingerprint density at radius 2 is 2.13 bits per heavy atom. The van der Waals surface area contributed by atoms with Crippen LogP contribution < -0.4 is 5.73 Å². The monoisotopic (exact) mass is 231 g/mol. The van der Waals surface area contributed by atoms with Crippen LogP contribution in [0.3, 0.4) is 0 Å². The second kappa shape index (κ2) is 5.45. The molecule has 15 heavy (non-hydrogen) atoms. The summed E-state index contributed by atoms with van der Waals surface area (Å²) >= 11 is 5.79. The van der Waals surface area contributed by atoms with Gasteiger partial charge in [-0.05, 0) is 25.5 Å². The van der Waals surface area contributed by atoms with E-state index in [1.54, 1.807) is 12.1 Å². The van der Waals surface area contributed by atoms with Crippen LogP contribution >= 0.6 is 11.6 Å². The van der Waals surface area contributed by atoms with Gasteiger partial charge in [0.25, 0.3) is 0 Å². The predicted octanol–water partition coefficient (Wildman–Crippen LogP) is 2.90. The van der Waals surface area contributed by atoms with Crippen molar-refractivity contribution in [2.45, 2.75) is 26.0 Å². The molecule has 0 radical (unpaired) electrons. The van der Waals surface area contributed by atoms with Gasteiger partial charge in [0.05, 0.1) is 23.8 Å². The molecule has 2 N–H and O–H groups in total. The second-order valence-electron chi connectivity index (χ2n) is 3.63. The fourth-order valence-corrected chi connectivity index (χ4v) is 1.46. The molecule has 0 amide bonds. The molecule has 0 saturated heterocycles. The highest BCUT2D eigenvalue weighted by Crippen LogP contribution is 2.24. The smallest absolute Gasteiger partial charge is 0.142 e. The number of rotatable bonds is 4. The third-order valence-electron chi connectivity index (χ3n) is 1.99. The molecule has 1 aromatic carbocycles. The Balaban J connectivity index is 2.73. The van der Waals surface area contributed by atoms with Crippen LogP contribution in [0.5, 0.6) is 0 Å². The Kier molecular flexibility index (Phi) is 4.51. The molecular weight excluding hydrogens is 217 g/mol. The van der Waals surface area contributed by atoms with E-state index in [0.29, 0.717) is 12.2 Å². The SMILES string of the molecule is CC(C)OCC(N)c1cccc(F)c1Cl. The first-order chi connectivity index (χ1) is 7.02. The zero-order valence-electron chi connectivity index (χ0n) is 8.84. The first kappa shape index (κ1) is 12.4. The molecule has 1 aromatic rings. The van der Waals surface area contributed by atoms with Crippen molar-refractivity contribution in [1.29, 1.82) is 0 Å². The van der Waals surface area contributed by atoms with Crippen molar-refractivity contribution in [2.24, 2.45) is 5.73 Å². The van der Waals surface area contributed by atoms with Crippen LogP contribution in [0.1, 0.15) is 25.5 Å². The van der Waals surface area contributed by atoms with Crippen molar-refractivity contribution in [3.8, 4) is 0 Å². The second-order valence-corrected chi connectivity index (χ2v) is 4.01. The minimum absolute atomic E-state index is 0.0809. The van der Waals surface area contributed by atoms with Crippen LogP contribution in [-0.4, -0.2) is 12.7 Å². The Labute approximate surface area is 94.2 Å².